The molecule has 2 aromatic rings. The molecule has 0 saturated carbocycles. The summed E-state index contributed by atoms with van der Waals surface area (Å²) in [5.74, 6) is 1.47. The van der Waals surface area contributed by atoms with Gasteiger partial charge in [-0.2, -0.15) is 4.31 Å². The van der Waals surface area contributed by atoms with Crippen LogP contribution in [0.15, 0.2) is 47.4 Å². The van der Waals surface area contributed by atoms with Gasteiger partial charge in [0, 0.05) is 18.7 Å². The minimum absolute atomic E-state index is 0.0852. The molecule has 26 heavy (non-hydrogen) atoms. The maximum Gasteiger partial charge on any atom is 0.243 e. The van der Waals surface area contributed by atoms with E-state index in [0.717, 1.165) is 17.7 Å². The zero-order chi connectivity index (χ0) is 18.3. The van der Waals surface area contributed by atoms with Crippen molar-refractivity contribution in [3.05, 3.63) is 53.6 Å². The van der Waals surface area contributed by atoms with Crippen molar-refractivity contribution in [1.82, 2.24) is 4.31 Å². The van der Waals surface area contributed by atoms with E-state index in [1.165, 1.54) is 23.4 Å². The maximum atomic E-state index is 12.9. The molecule has 2 heterocycles. The number of hydrogen-bond acceptors (Lipinski definition) is 5. The number of rotatable bonds is 4. The van der Waals surface area contributed by atoms with Crippen molar-refractivity contribution in [2.24, 2.45) is 0 Å². The Morgan fingerprint density at radius 2 is 1.81 bits per heavy atom. The summed E-state index contributed by atoms with van der Waals surface area (Å²) in [6.07, 6.45) is 0.754. The molecule has 6 nitrogen and oxygen atoms in total. The lowest BCUT2D eigenvalue weighted by Gasteiger charge is -2.17. The summed E-state index contributed by atoms with van der Waals surface area (Å²) in [5.41, 5.74) is 1.56. The van der Waals surface area contributed by atoms with E-state index in [1.54, 1.807) is 12.1 Å². The SMILES string of the molecule is CC(=O)c1ccc(S(=O)(=O)N2CCC(c3ccc4c(c3)OCO4)C2)cc1. The van der Waals surface area contributed by atoms with Crippen LogP contribution in [0.3, 0.4) is 0 Å². The van der Waals surface area contributed by atoms with Crippen LogP contribution in [0.1, 0.15) is 35.2 Å². The van der Waals surface area contributed by atoms with Crippen LogP contribution in [-0.4, -0.2) is 38.4 Å². The summed E-state index contributed by atoms with van der Waals surface area (Å²) in [6.45, 7) is 2.58. The molecule has 0 spiro atoms. The fourth-order valence-electron chi connectivity index (χ4n) is 3.40. The molecular weight excluding hydrogens is 354 g/mol. The average Bonchev–Trinajstić information content (AvgIpc) is 3.30. The summed E-state index contributed by atoms with van der Waals surface area (Å²) < 4.78 is 38.0. The lowest BCUT2D eigenvalue weighted by Crippen LogP contribution is -2.28. The van der Waals surface area contributed by atoms with E-state index < -0.39 is 10.0 Å². The van der Waals surface area contributed by atoms with E-state index in [4.69, 9.17) is 9.47 Å². The number of carbonyl (C=O) groups excluding carboxylic acids is 1. The first kappa shape index (κ1) is 17.1. The fraction of sp³-hybridized carbons (Fsp3) is 0.316. The molecule has 1 saturated heterocycles. The summed E-state index contributed by atoms with van der Waals surface area (Å²) in [5, 5.41) is 0. The molecule has 1 unspecified atom stereocenters. The molecular formula is C19H19NO5S. The highest BCUT2D eigenvalue weighted by Crippen LogP contribution is 2.38. The van der Waals surface area contributed by atoms with Crippen LogP contribution in [0.25, 0.3) is 0 Å². The molecule has 0 aliphatic carbocycles. The Morgan fingerprint density at radius 1 is 1.08 bits per heavy atom. The van der Waals surface area contributed by atoms with E-state index in [9.17, 15) is 13.2 Å². The standard InChI is InChI=1S/C19H19NO5S/c1-13(21)14-2-5-17(6-3-14)26(22,23)20-9-8-16(11-20)15-4-7-18-19(10-15)25-12-24-18/h2-7,10,16H,8-9,11-12H2,1H3. The second kappa shape index (κ2) is 6.41. The van der Waals surface area contributed by atoms with Crippen molar-refractivity contribution < 1.29 is 22.7 Å². The van der Waals surface area contributed by atoms with Crippen LogP contribution in [0, 0.1) is 0 Å². The average molecular weight is 373 g/mol. The van der Waals surface area contributed by atoms with Gasteiger partial charge in [-0.1, -0.05) is 18.2 Å². The Labute approximate surface area is 152 Å². The molecule has 1 fully saturated rings. The van der Waals surface area contributed by atoms with Crippen LogP contribution in [0.5, 0.6) is 11.5 Å². The summed E-state index contributed by atoms with van der Waals surface area (Å²) in [6, 6.07) is 11.9. The normalized spacial score (nSPS) is 19.7. The van der Waals surface area contributed by atoms with Gasteiger partial charge in [-0.15, -0.1) is 0 Å². The Morgan fingerprint density at radius 3 is 2.54 bits per heavy atom. The van der Waals surface area contributed by atoms with Gasteiger partial charge in [0.15, 0.2) is 17.3 Å². The number of ketones is 1. The number of nitrogens with zero attached hydrogens (tertiary/aromatic N) is 1. The molecule has 7 heteroatoms. The van der Waals surface area contributed by atoms with Crippen LogP contribution in [-0.2, 0) is 10.0 Å². The van der Waals surface area contributed by atoms with E-state index in [0.29, 0.717) is 24.4 Å². The fourth-order valence-corrected chi connectivity index (χ4v) is 4.90. The number of benzene rings is 2. The monoisotopic (exact) mass is 373 g/mol. The Balaban J connectivity index is 1.53. The van der Waals surface area contributed by atoms with Gasteiger partial charge in [0.1, 0.15) is 0 Å². The van der Waals surface area contributed by atoms with Gasteiger partial charge in [-0.25, -0.2) is 8.42 Å². The third-order valence-corrected chi connectivity index (χ3v) is 6.80. The van der Waals surface area contributed by atoms with Gasteiger partial charge < -0.3 is 9.47 Å². The third kappa shape index (κ3) is 2.97. The Hall–Kier alpha value is -2.38. The highest BCUT2D eigenvalue weighted by molar-refractivity contribution is 7.89. The second-order valence-corrected chi connectivity index (χ2v) is 8.48. The highest BCUT2D eigenvalue weighted by Gasteiger charge is 2.33. The molecule has 0 bridgehead atoms. The van der Waals surface area contributed by atoms with Crippen molar-refractivity contribution in [1.29, 1.82) is 0 Å². The molecule has 2 aliphatic rings. The molecule has 136 valence electrons. The minimum Gasteiger partial charge on any atom is -0.454 e. The number of carbonyl (C=O) groups is 1. The van der Waals surface area contributed by atoms with Crippen LogP contribution < -0.4 is 9.47 Å². The number of sulfonamides is 1. The quantitative estimate of drug-likeness (QED) is 0.771. The van der Waals surface area contributed by atoms with Crippen LogP contribution in [0.2, 0.25) is 0 Å². The van der Waals surface area contributed by atoms with Crippen molar-refractivity contribution in [2.75, 3.05) is 19.9 Å². The Bertz CT molecular complexity index is 952. The summed E-state index contributed by atoms with van der Waals surface area (Å²) in [7, 11) is -3.57. The van der Waals surface area contributed by atoms with Crippen molar-refractivity contribution in [2.45, 2.75) is 24.2 Å². The smallest absolute Gasteiger partial charge is 0.243 e. The lowest BCUT2D eigenvalue weighted by molar-refractivity contribution is 0.101. The number of fused-ring (bicyclic) bond motifs is 1. The zero-order valence-electron chi connectivity index (χ0n) is 14.3. The van der Waals surface area contributed by atoms with Gasteiger partial charge in [-0.3, -0.25) is 4.79 Å². The van der Waals surface area contributed by atoms with Gasteiger partial charge in [0.25, 0.3) is 0 Å². The van der Waals surface area contributed by atoms with E-state index in [-0.39, 0.29) is 23.4 Å². The predicted octanol–water partition coefficient (Wildman–Crippen LogP) is 2.80. The van der Waals surface area contributed by atoms with Crippen LogP contribution >= 0.6 is 0 Å². The predicted molar refractivity (Wildman–Crippen MR) is 95.1 cm³/mol. The lowest BCUT2D eigenvalue weighted by atomic mass is 9.98. The topological polar surface area (TPSA) is 72.9 Å². The molecule has 2 aromatic carbocycles. The van der Waals surface area contributed by atoms with Crippen LogP contribution in [0.4, 0.5) is 0 Å². The second-order valence-electron chi connectivity index (χ2n) is 6.54. The van der Waals surface area contributed by atoms with E-state index >= 15 is 0 Å². The van der Waals surface area contributed by atoms with Crippen molar-refractivity contribution in [3.63, 3.8) is 0 Å². The Kier molecular flexibility index (Phi) is 4.20. The molecule has 0 radical (unpaired) electrons. The summed E-state index contributed by atoms with van der Waals surface area (Å²) in [4.78, 5) is 11.6. The zero-order valence-corrected chi connectivity index (χ0v) is 15.2. The first-order valence-corrected chi connectivity index (χ1v) is 9.90. The van der Waals surface area contributed by atoms with Gasteiger partial charge in [0.05, 0.1) is 4.90 Å². The molecule has 0 aromatic heterocycles. The molecule has 4 rings (SSSR count). The van der Waals surface area contributed by atoms with Gasteiger partial charge in [-0.05, 0) is 49.1 Å². The molecule has 2 aliphatic heterocycles. The summed E-state index contributed by atoms with van der Waals surface area (Å²) >= 11 is 0. The largest absolute Gasteiger partial charge is 0.454 e. The highest BCUT2D eigenvalue weighted by atomic mass is 32.2. The van der Waals surface area contributed by atoms with Gasteiger partial charge in [0.2, 0.25) is 16.8 Å². The number of ether oxygens (including phenoxy) is 2. The third-order valence-electron chi connectivity index (χ3n) is 4.92. The first-order chi connectivity index (χ1) is 12.4. The maximum absolute atomic E-state index is 12.9. The van der Waals surface area contributed by atoms with E-state index in [2.05, 4.69) is 0 Å². The number of Topliss-reactive ketones (excluding diaryl/α,β-unsaturated/α-hetero) is 1. The minimum atomic E-state index is -3.57. The van der Waals surface area contributed by atoms with Crippen molar-refractivity contribution in [3.8, 4) is 11.5 Å². The molecule has 0 N–H and O–H groups in total. The van der Waals surface area contributed by atoms with E-state index in [1.807, 2.05) is 18.2 Å². The first-order valence-electron chi connectivity index (χ1n) is 8.46. The number of hydrogen-bond donors (Lipinski definition) is 0. The molecule has 1 atom stereocenters. The van der Waals surface area contributed by atoms with Gasteiger partial charge >= 0.3 is 0 Å². The molecule has 0 amide bonds. The van der Waals surface area contributed by atoms with Crippen molar-refractivity contribution >= 4 is 15.8 Å².